The molecular formula is C17H13BrClN5O. The van der Waals surface area contributed by atoms with Crippen LogP contribution in [0.2, 0.25) is 5.02 Å². The molecule has 3 heterocycles. The second kappa shape index (κ2) is 6.57. The van der Waals surface area contributed by atoms with Gasteiger partial charge in [-0.3, -0.25) is 9.78 Å². The third-order valence-corrected chi connectivity index (χ3v) is 4.85. The molecule has 126 valence electrons. The van der Waals surface area contributed by atoms with Crippen LogP contribution in [0.5, 0.6) is 0 Å². The van der Waals surface area contributed by atoms with Gasteiger partial charge in [0, 0.05) is 17.2 Å². The van der Waals surface area contributed by atoms with Gasteiger partial charge in [0.15, 0.2) is 0 Å². The van der Waals surface area contributed by atoms with E-state index in [9.17, 15) is 4.79 Å². The van der Waals surface area contributed by atoms with Crippen molar-refractivity contribution in [2.75, 3.05) is 11.4 Å². The number of aryl methyl sites for hydroxylation is 1. The van der Waals surface area contributed by atoms with Crippen LogP contribution in [-0.2, 0) is 6.42 Å². The average Bonchev–Trinajstić information content (AvgIpc) is 3.15. The molecule has 1 aliphatic heterocycles. The number of amides is 1. The third-order valence-electron chi connectivity index (χ3n) is 4.11. The van der Waals surface area contributed by atoms with Gasteiger partial charge in [-0.2, -0.15) is 0 Å². The summed E-state index contributed by atoms with van der Waals surface area (Å²) in [4.78, 5) is 19.0. The molecule has 1 amide bonds. The quantitative estimate of drug-likeness (QED) is 0.637. The molecule has 0 bridgehead atoms. The fourth-order valence-corrected chi connectivity index (χ4v) is 4.00. The van der Waals surface area contributed by atoms with Crippen LogP contribution in [0.15, 0.2) is 47.5 Å². The Kier molecular flexibility index (Phi) is 4.27. The molecule has 0 saturated heterocycles. The van der Waals surface area contributed by atoms with Gasteiger partial charge in [-0.05, 0) is 36.6 Å². The summed E-state index contributed by atoms with van der Waals surface area (Å²) in [5.41, 5.74) is 3.02. The van der Waals surface area contributed by atoms with Crippen LogP contribution in [0.1, 0.15) is 22.3 Å². The molecule has 0 fully saturated rings. The van der Waals surface area contributed by atoms with Gasteiger partial charge in [-0.25, -0.2) is 4.68 Å². The molecule has 25 heavy (non-hydrogen) atoms. The molecule has 0 radical (unpaired) electrons. The molecule has 0 aliphatic carbocycles. The average molecular weight is 419 g/mol. The van der Waals surface area contributed by atoms with E-state index in [-0.39, 0.29) is 5.91 Å². The van der Waals surface area contributed by atoms with E-state index in [0.29, 0.717) is 22.8 Å². The van der Waals surface area contributed by atoms with E-state index in [4.69, 9.17) is 11.6 Å². The van der Waals surface area contributed by atoms with E-state index in [1.165, 1.54) is 0 Å². The first-order valence-electron chi connectivity index (χ1n) is 7.75. The van der Waals surface area contributed by atoms with Crippen molar-refractivity contribution in [1.29, 1.82) is 0 Å². The zero-order chi connectivity index (χ0) is 17.4. The van der Waals surface area contributed by atoms with Crippen molar-refractivity contribution in [3.63, 3.8) is 0 Å². The maximum Gasteiger partial charge on any atom is 0.259 e. The van der Waals surface area contributed by atoms with E-state index < -0.39 is 0 Å². The minimum absolute atomic E-state index is 0.125. The van der Waals surface area contributed by atoms with Crippen molar-refractivity contribution >= 4 is 39.1 Å². The van der Waals surface area contributed by atoms with Crippen molar-refractivity contribution in [3.05, 3.63) is 63.6 Å². The minimum Gasteiger partial charge on any atom is -0.307 e. The summed E-state index contributed by atoms with van der Waals surface area (Å²) in [5, 5.41) is 8.28. The molecule has 0 unspecified atom stereocenters. The lowest BCUT2D eigenvalue weighted by atomic mass is 10.0. The highest BCUT2D eigenvalue weighted by atomic mass is 79.9. The van der Waals surface area contributed by atoms with Gasteiger partial charge in [-0.15, -0.1) is 5.10 Å². The standard InChI is InChI=1S/C17H13BrClN5O/c18-13-6-11-2-1-4-23(16(11)15(19)8-13)17(25)12-7-14(10-20-9-12)24-5-3-21-22-24/h3,5-10H,1-2,4H2. The first-order valence-corrected chi connectivity index (χ1v) is 8.92. The van der Waals surface area contributed by atoms with Crippen LogP contribution in [-0.4, -0.2) is 32.4 Å². The number of pyridine rings is 1. The fraction of sp³-hybridized carbons (Fsp3) is 0.176. The molecule has 4 rings (SSSR count). The second-order valence-electron chi connectivity index (χ2n) is 5.74. The molecule has 1 aromatic carbocycles. The molecule has 8 heteroatoms. The van der Waals surface area contributed by atoms with Crippen molar-refractivity contribution < 1.29 is 4.79 Å². The number of hydrogen-bond acceptors (Lipinski definition) is 4. The largest absolute Gasteiger partial charge is 0.307 e. The maximum absolute atomic E-state index is 13.1. The number of rotatable bonds is 2. The van der Waals surface area contributed by atoms with Crippen molar-refractivity contribution in [1.82, 2.24) is 20.0 Å². The number of aromatic nitrogens is 4. The molecule has 0 spiro atoms. The van der Waals surface area contributed by atoms with Gasteiger partial charge in [0.25, 0.3) is 5.91 Å². The van der Waals surface area contributed by atoms with Gasteiger partial charge >= 0.3 is 0 Å². The lowest BCUT2D eigenvalue weighted by molar-refractivity contribution is 0.0984. The van der Waals surface area contributed by atoms with Crippen molar-refractivity contribution in [2.45, 2.75) is 12.8 Å². The van der Waals surface area contributed by atoms with Gasteiger partial charge in [0.05, 0.1) is 40.6 Å². The summed E-state index contributed by atoms with van der Waals surface area (Å²) in [6.07, 6.45) is 8.27. The number of hydrogen-bond donors (Lipinski definition) is 0. The van der Waals surface area contributed by atoms with Crippen LogP contribution in [0, 0.1) is 0 Å². The van der Waals surface area contributed by atoms with E-state index in [0.717, 1.165) is 28.6 Å². The topological polar surface area (TPSA) is 63.9 Å². The molecule has 0 saturated carbocycles. The first-order chi connectivity index (χ1) is 12.1. The minimum atomic E-state index is -0.125. The van der Waals surface area contributed by atoms with Crippen LogP contribution in [0.3, 0.4) is 0 Å². The van der Waals surface area contributed by atoms with E-state index >= 15 is 0 Å². The van der Waals surface area contributed by atoms with E-state index in [1.807, 2.05) is 12.1 Å². The predicted octanol–water partition coefficient (Wildman–Crippen LogP) is 3.67. The van der Waals surface area contributed by atoms with E-state index in [2.05, 4.69) is 31.2 Å². The number of carbonyl (C=O) groups excluding carboxylic acids is 1. The highest BCUT2D eigenvalue weighted by molar-refractivity contribution is 9.10. The van der Waals surface area contributed by atoms with Crippen LogP contribution < -0.4 is 4.90 Å². The lowest BCUT2D eigenvalue weighted by Gasteiger charge is -2.30. The Morgan fingerprint density at radius 1 is 1.24 bits per heavy atom. The van der Waals surface area contributed by atoms with Crippen molar-refractivity contribution in [3.8, 4) is 5.69 Å². The molecule has 3 aromatic rings. The summed E-state index contributed by atoms with van der Waals surface area (Å²) in [7, 11) is 0. The summed E-state index contributed by atoms with van der Waals surface area (Å²) in [6, 6.07) is 5.59. The first kappa shape index (κ1) is 16.2. The lowest BCUT2D eigenvalue weighted by Crippen LogP contribution is -2.36. The maximum atomic E-state index is 13.1. The predicted molar refractivity (Wildman–Crippen MR) is 98.3 cm³/mol. The Hall–Kier alpha value is -2.25. The number of carbonyl (C=O) groups is 1. The molecule has 2 aromatic heterocycles. The SMILES string of the molecule is O=C(c1cncc(-n2ccnn2)c1)N1CCCc2cc(Br)cc(Cl)c21. The Bertz CT molecular complexity index is 944. The van der Waals surface area contributed by atoms with Gasteiger partial charge in [0.2, 0.25) is 0 Å². The Morgan fingerprint density at radius 3 is 2.92 bits per heavy atom. The second-order valence-corrected chi connectivity index (χ2v) is 7.06. The summed E-state index contributed by atoms with van der Waals surface area (Å²) >= 11 is 9.89. The number of anilines is 1. The highest BCUT2D eigenvalue weighted by Crippen LogP contribution is 2.37. The monoisotopic (exact) mass is 417 g/mol. The number of halogens is 2. The Balaban J connectivity index is 1.73. The zero-order valence-corrected chi connectivity index (χ0v) is 15.4. The van der Waals surface area contributed by atoms with Crippen LogP contribution in [0.4, 0.5) is 5.69 Å². The highest BCUT2D eigenvalue weighted by Gasteiger charge is 2.26. The summed E-state index contributed by atoms with van der Waals surface area (Å²) in [5.74, 6) is -0.125. The molecule has 0 atom stereocenters. The molecule has 0 N–H and O–H groups in total. The van der Waals surface area contributed by atoms with Crippen LogP contribution in [0.25, 0.3) is 5.69 Å². The molecule has 1 aliphatic rings. The molecular weight excluding hydrogens is 406 g/mol. The summed E-state index contributed by atoms with van der Waals surface area (Å²) in [6.45, 7) is 0.626. The number of nitrogens with zero attached hydrogens (tertiary/aromatic N) is 5. The van der Waals surface area contributed by atoms with Gasteiger partial charge in [-0.1, -0.05) is 32.7 Å². The van der Waals surface area contributed by atoms with Crippen molar-refractivity contribution in [2.24, 2.45) is 0 Å². The third kappa shape index (κ3) is 3.05. The smallest absolute Gasteiger partial charge is 0.259 e. The fourth-order valence-electron chi connectivity index (χ4n) is 3.03. The number of fused-ring (bicyclic) bond motifs is 1. The molecule has 6 nitrogen and oxygen atoms in total. The number of benzene rings is 1. The normalized spacial score (nSPS) is 13.6. The Morgan fingerprint density at radius 2 is 2.12 bits per heavy atom. The van der Waals surface area contributed by atoms with Gasteiger partial charge < -0.3 is 4.90 Å². The zero-order valence-electron chi connectivity index (χ0n) is 13.1. The van der Waals surface area contributed by atoms with Crippen LogP contribution >= 0.6 is 27.5 Å². The Labute approximate surface area is 157 Å². The summed E-state index contributed by atoms with van der Waals surface area (Å²) < 4.78 is 2.48. The van der Waals surface area contributed by atoms with E-state index in [1.54, 1.807) is 40.4 Å². The van der Waals surface area contributed by atoms with Gasteiger partial charge in [0.1, 0.15) is 0 Å².